The highest BCUT2D eigenvalue weighted by Gasteiger charge is 2.09. The van der Waals surface area contributed by atoms with Gasteiger partial charge in [0.1, 0.15) is 5.75 Å². The molecule has 0 radical (unpaired) electrons. The van der Waals surface area contributed by atoms with Crippen LogP contribution in [-0.4, -0.2) is 34.8 Å². The summed E-state index contributed by atoms with van der Waals surface area (Å²) in [4.78, 5) is 23.2. The van der Waals surface area contributed by atoms with E-state index in [9.17, 15) is 14.7 Å². The van der Waals surface area contributed by atoms with E-state index in [-0.39, 0.29) is 31.2 Å². The van der Waals surface area contributed by atoms with Gasteiger partial charge in [0.2, 0.25) is 0 Å². The average Bonchev–Trinajstić information content (AvgIpc) is 2.53. The standard InChI is InChI=1S/C17H20N2O4/c1-13-5-4-6-15(9-13)23-12-16(21)18-10-14(20)11-19-8-3-2-7-17(19)22/h2-9,14,20H,10-12H2,1H3,(H,18,21). The number of amides is 1. The van der Waals surface area contributed by atoms with Gasteiger partial charge in [-0.3, -0.25) is 9.59 Å². The van der Waals surface area contributed by atoms with Crippen LogP contribution in [0, 0.1) is 6.92 Å². The van der Waals surface area contributed by atoms with Crippen LogP contribution in [-0.2, 0) is 11.3 Å². The third-order valence-electron chi connectivity index (χ3n) is 3.20. The minimum Gasteiger partial charge on any atom is -0.484 e. The van der Waals surface area contributed by atoms with Gasteiger partial charge in [-0.2, -0.15) is 0 Å². The van der Waals surface area contributed by atoms with Crippen molar-refractivity contribution in [2.45, 2.75) is 19.6 Å². The number of rotatable bonds is 7. The number of pyridine rings is 1. The molecule has 1 amide bonds. The molecular weight excluding hydrogens is 296 g/mol. The average molecular weight is 316 g/mol. The number of ether oxygens (including phenoxy) is 1. The van der Waals surface area contributed by atoms with E-state index >= 15 is 0 Å². The van der Waals surface area contributed by atoms with E-state index in [0.717, 1.165) is 5.56 Å². The predicted molar refractivity (Wildman–Crippen MR) is 86.4 cm³/mol. The monoisotopic (exact) mass is 316 g/mol. The molecule has 23 heavy (non-hydrogen) atoms. The molecule has 1 unspecified atom stereocenters. The van der Waals surface area contributed by atoms with Crippen LogP contribution < -0.4 is 15.6 Å². The van der Waals surface area contributed by atoms with Crippen molar-refractivity contribution >= 4 is 5.91 Å². The summed E-state index contributed by atoms with van der Waals surface area (Å²) in [6, 6.07) is 12.2. The maximum atomic E-state index is 11.7. The van der Waals surface area contributed by atoms with Gasteiger partial charge in [0.15, 0.2) is 6.61 Å². The van der Waals surface area contributed by atoms with E-state index in [1.165, 1.54) is 10.6 Å². The van der Waals surface area contributed by atoms with Gasteiger partial charge in [-0.25, -0.2) is 0 Å². The van der Waals surface area contributed by atoms with Gasteiger partial charge in [-0.05, 0) is 30.7 Å². The number of hydrogen-bond acceptors (Lipinski definition) is 4. The molecule has 1 aromatic heterocycles. The lowest BCUT2D eigenvalue weighted by atomic mass is 10.2. The maximum Gasteiger partial charge on any atom is 0.258 e. The highest BCUT2D eigenvalue weighted by molar-refractivity contribution is 5.77. The number of carbonyl (C=O) groups is 1. The summed E-state index contributed by atoms with van der Waals surface area (Å²) < 4.78 is 6.76. The zero-order chi connectivity index (χ0) is 16.7. The van der Waals surface area contributed by atoms with Gasteiger partial charge in [0.25, 0.3) is 11.5 Å². The molecule has 122 valence electrons. The topological polar surface area (TPSA) is 80.6 Å². The van der Waals surface area contributed by atoms with Crippen molar-refractivity contribution in [2.24, 2.45) is 0 Å². The number of aromatic nitrogens is 1. The SMILES string of the molecule is Cc1cccc(OCC(=O)NCC(O)Cn2ccccc2=O)c1. The summed E-state index contributed by atoms with van der Waals surface area (Å²) in [6.45, 7) is 1.99. The Labute approximate surface area is 134 Å². The fourth-order valence-electron chi connectivity index (χ4n) is 2.04. The summed E-state index contributed by atoms with van der Waals surface area (Å²) in [5.74, 6) is 0.294. The zero-order valence-corrected chi connectivity index (χ0v) is 12.9. The Balaban J connectivity index is 1.73. The molecule has 2 rings (SSSR count). The number of hydrogen-bond donors (Lipinski definition) is 2. The highest BCUT2D eigenvalue weighted by atomic mass is 16.5. The normalized spacial score (nSPS) is 11.7. The molecule has 1 aromatic carbocycles. The fourth-order valence-corrected chi connectivity index (χ4v) is 2.04. The fraction of sp³-hybridized carbons (Fsp3) is 0.294. The number of nitrogens with one attached hydrogen (secondary N) is 1. The molecule has 0 saturated carbocycles. The summed E-state index contributed by atoms with van der Waals surface area (Å²) in [5, 5.41) is 12.5. The molecule has 1 atom stereocenters. The summed E-state index contributed by atoms with van der Waals surface area (Å²) >= 11 is 0. The first-order valence-corrected chi connectivity index (χ1v) is 7.34. The Morgan fingerprint density at radius 2 is 2.13 bits per heavy atom. The minimum atomic E-state index is -0.849. The second kappa shape index (κ2) is 8.14. The highest BCUT2D eigenvalue weighted by Crippen LogP contribution is 2.11. The summed E-state index contributed by atoms with van der Waals surface area (Å²) in [6.07, 6.45) is 0.742. The third kappa shape index (κ3) is 5.60. The third-order valence-corrected chi connectivity index (χ3v) is 3.20. The Hall–Kier alpha value is -2.60. The number of carbonyl (C=O) groups excluding carboxylic acids is 1. The molecule has 0 bridgehead atoms. The van der Waals surface area contributed by atoms with Gasteiger partial charge in [0, 0.05) is 18.8 Å². The number of aryl methyl sites for hydroxylation is 1. The molecule has 0 fully saturated rings. The second-order valence-electron chi connectivity index (χ2n) is 5.25. The van der Waals surface area contributed by atoms with Crippen LogP contribution >= 0.6 is 0 Å². The summed E-state index contributed by atoms with van der Waals surface area (Å²) in [7, 11) is 0. The second-order valence-corrected chi connectivity index (χ2v) is 5.25. The van der Waals surface area contributed by atoms with Crippen molar-refractivity contribution in [1.29, 1.82) is 0 Å². The van der Waals surface area contributed by atoms with Crippen LogP contribution in [0.5, 0.6) is 5.75 Å². The van der Waals surface area contributed by atoms with Crippen LogP contribution in [0.25, 0.3) is 0 Å². The molecule has 0 aliphatic rings. The van der Waals surface area contributed by atoms with Crippen molar-refractivity contribution < 1.29 is 14.6 Å². The van der Waals surface area contributed by atoms with E-state index in [0.29, 0.717) is 5.75 Å². The molecule has 6 nitrogen and oxygen atoms in total. The van der Waals surface area contributed by atoms with Crippen LogP contribution in [0.3, 0.4) is 0 Å². The Morgan fingerprint density at radius 3 is 2.87 bits per heavy atom. The first-order valence-electron chi connectivity index (χ1n) is 7.34. The van der Waals surface area contributed by atoms with E-state index in [1.807, 2.05) is 25.1 Å². The molecule has 2 N–H and O–H groups in total. The van der Waals surface area contributed by atoms with E-state index in [1.54, 1.807) is 24.4 Å². The molecular formula is C17H20N2O4. The Bertz CT molecular complexity index is 711. The van der Waals surface area contributed by atoms with Crippen LogP contribution in [0.15, 0.2) is 53.5 Å². The first-order chi connectivity index (χ1) is 11.0. The predicted octanol–water partition coefficient (Wildman–Crippen LogP) is 0.713. The van der Waals surface area contributed by atoms with Crippen molar-refractivity contribution in [3.63, 3.8) is 0 Å². The smallest absolute Gasteiger partial charge is 0.258 e. The van der Waals surface area contributed by atoms with E-state index < -0.39 is 6.10 Å². The van der Waals surface area contributed by atoms with E-state index in [4.69, 9.17) is 4.74 Å². The Morgan fingerprint density at radius 1 is 1.30 bits per heavy atom. The quantitative estimate of drug-likeness (QED) is 0.788. The maximum absolute atomic E-state index is 11.7. The van der Waals surface area contributed by atoms with Gasteiger partial charge in [0.05, 0.1) is 12.6 Å². The molecule has 6 heteroatoms. The number of benzene rings is 1. The molecule has 0 aliphatic heterocycles. The van der Waals surface area contributed by atoms with Crippen LogP contribution in [0.2, 0.25) is 0 Å². The van der Waals surface area contributed by atoms with Crippen molar-refractivity contribution in [2.75, 3.05) is 13.2 Å². The zero-order valence-electron chi connectivity index (χ0n) is 12.9. The Kier molecular flexibility index (Phi) is 5.94. The van der Waals surface area contributed by atoms with Crippen molar-refractivity contribution in [3.05, 3.63) is 64.6 Å². The molecule has 0 spiro atoms. The van der Waals surface area contributed by atoms with Gasteiger partial charge >= 0.3 is 0 Å². The lowest BCUT2D eigenvalue weighted by molar-refractivity contribution is -0.123. The number of aliphatic hydroxyl groups excluding tert-OH is 1. The van der Waals surface area contributed by atoms with Crippen LogP contribution in [0.1, 0.15) is 5.56 Å². The first kappa shape index (κ1) is 16.8. The number of nitrogens with zero attached hydrogens (tertiary/aromatic N) is 1. The lowest BCUT2D eigenvalue weighted by Crippen LogP contribution is -2.38. The molecule has 0 aliphatic carbocycles. The van der Waals surface area contributed by atoms with Gasteiger partial charge in [-0.15, -0.1) is 0 Å². The largest absolute Gasteiger partial charge is 0.484 e. The molecule has 1 heterocycles. The van der Waals surface area contributed by atoms with Crippen LogP contribution in [0.4, 0.5) is 0 Å². The van der Waals surface area contributed by atoms with Gasteiger partial charge in [-0.1, -0.05) is 18.2 Å². The molecule has 0 saturated heterocycles. The van der Waals surface area contributed by atoms with E-state index in [2.05, 4.69) is 5.32 Å². The lowest BCUT2D eigenvalue weighted by Gasteiger charge is -2.13. The van der Waals surface area contributed by atoms with Gasteiger partial charge < -0.3 is 19.7 Å². The summed E-state index contributed by atoms with van der Waals surface area (Å²) in [5.41, 5.74) is 0.854. The van der Waals surface area contributed by atoms with Crippen molar-refractivity contribution in [3.8, 4) is 5.75 Å². The number of aliphatic hydroxyl groups is 1. The minimum absolute atomic E-state index is 0.0529. The molecule has 2 aromatic rings. The van der Waals surface area contributed by atoms with Crippen molar-refractivity contribution in [1.82, 2.24) is 9.88 Å².